The van der Waals surface area contributed by atoms with Crippen LogP contribution < -0.4 is 5.32 Å². The third-order valence-corrected chi connectivity index (χ3v) is 6.00. The molecule has 0 aliphatic carbocycles. The Balaban J connectivity index is 1.63. The molecule has 3 rings (SSSR count). The van der Waals surface area contributed by atoms with Crippen molar-refractivity contribution in [2.24, 2.45) is 0 Å². The van der Waals surface area contributed by atoms with Crippen LogP contribution in [-0.4, -0.2) is 37.3 Å². The van der Waals surface area contributed by atoms with E-state index < -0.39 is 9.84 Å². The minimum Gasteiger partial charge on any atom is -0.346 e. The molecule has 3 amide bonds. The summed E-state index contributed by atoms with van der Waals surface area (Å²) >= 11 is 0. The van der Waals surface area contributed by atoms with Crippen molar-refractivity contribution < 1.29 is 22.8 Å². The van der Waals surface area contributed by atoms with Crippen LogP contribution in [0.1, 0.15) is 47.3 Å². The van der Waals surface area contributed by atoms with E-state index in [1.54, 1.807) is 36.4 Å². The number of carbonyl (C=O) groups is 3. The molecule has 1 fully saturated rings. The predicted octanol–water partition coefficient (Wildman–Crippen LogP) is 2.23. The number of imide groups is 1. The fourth-order valence-corrected chi connectivity index (χ4v) is 3.74. The van der Waals surface area contributed by atoms with Crippen LogP contribution in [0.2, 0.25) is 0 Å². The fraction of sp³-hybridized carbons (Fsp3) is 0.286. The molecule has 8 heteroatoms. The van der Waals surface area contributed by atoms with E-state index in [1.807, 2.05) is 6.92 Å². The van der Waals surface area contributed by atoms with Crippen LogP contribution in [0.5, 0.6) is 0 Å². The third kappa shape index (κ3) is 4.89. The van der Waals surface area contributed by atoms with E-state index >= 15 is 0 Å². The minimum absolute atomic E-state index is 0.174. The first kappa shape index (κ1) is 20.7. The zero-order valence-corrected chi connectivity index (χ0v) is 17.0. The summed E-state index contributed by atoms with van der Waals surface area (Å²) in [4.78, 5) is 37.4. The first-order chi connectivity index (χ1) is 13.6. The quantitative estimate of drug-likeness (QED) is 0.731. The van der Waals surface area contributed by atoms with Gasteiger partial charge < -0.3 is 5.32 Å². The lowest BCUT2D eigenvalue weighted by Gasteiger charge is -2.16. The van der Waals surface area contributed by atoms with Crippen molar-refractivity contribution in [1.29, 1.82) is 0 Å². The molecular weight excluding hydrogens is 392 g/mol. The lowest BCUT2D eigenvalue weighted by atomic mass is 10.1. The Labute approximate surface area is 169 Å². The van der Waals surface area contributed by atoms with Gasteiger partial charge in [0.2, 0.25) is 11.8 Å². The molecule has 1 saturated heterocycles. The van der Waals surface area contributed by atoms with E-state index in [-0.39, 0.29) is 48.0 Å². The van der Waals surface area contributed by atoms with Gasteiger partial charge in [0, 0.05) is 24.7 Å². The monoisotopic (exact) mass is 414 g/mol. The number of rotatable bonds is 6. The third-order valence-electron chi connectivity index (χ3n) is 4.87. The van der Waals surface area contributed by atoms with Gasteiger partial charge in [-0.25, -0.2) is 8.42 Å². The van der Waals surface area contributed by atoms with Crippen molar-refractivity contribution in [3.05, 3.63) is 65.2 Å². The van der Waals surface area contributed by atoms with Gasteiger partial charge in [0.15, 0.2) is 9.84 Å². The number of benzene rings is 2. The second-order valence-electron chi connectivity index (χ2n) is 7.11. The van der Waals surface area contributed by atoms with Gasteiger partial charge in [-0.05, 0) is 42.3 Å². The Morgan fingerprint density at radius 2 is 1.55 bits per heavy atom. The molecule has 1 aliphatic heterocycles. The highest BCUT2D eigenvalue weighted by Gasteiger charge is 2.28. The Morgan fingerprint density at radius 1 is 1.00 bits per heavy atom. The molecule has 29 heavy (non-hydrogen) atoms. The number of amides is 3. The first-order valence-corrected chi connectivity index (χ1v) is 11.1. The molecule has 0 saturated carbocycles. The van der Waals surface area contributed by atoms with Crippen LogP contribution in [0.25, 0.3) is 0 Å². The summed E-state index contributed by atoms with van der Waals surface area (Å²) in [7, 11) is -3.26. The molecule has 1 atom stereocenters. The Morgan fingerprint density at radius 3 is 2.07 bits per heavy atom. The van der Waals surface area contributed by atoms with Crippen molar-refractivity contribution in [3.8, 4) is 0 Å². The Bertz CT molecular complexity index is 1030. The molecule has 1 heterocycles. The highest BCUT2D eigenvalue weighted by Crippen LogP contribution is 2.18. The van der Waals surface area contributed by atoms with Crippen LogP contribution >= 0.6 is 0 Å². The largest absolute Gasteiger partial charge is 0.346 e. The molecule has 1 N–H and O–H groups in total. The zero-order chi connectivity index (χ0) is 21.2. The van der Waals surface area contributed by atoms with Crippen molar-refractivity contribution in [3.63, 3.8) is 0 Å². The average molecular weight is 414 g/mol. The standard InChI is InChI=1S/C21H22N2O5S/c1-14(16-7-9-18(10-8-16)29(2,27)28)22-21(26)17-5-3-15(4-6-17)13-23-19(24)11-12-20(23)25/h3-10,14H,11-13H2,1-2H3,(H,22,26)/t14-/m0/s1. The summed E-state index contributed by atoms with van der Waals surface area (Å²) in [5, 5.41) is 2.87. The van der Waals surface area contributed by atoms with Crippen molar-refractivity contribution >= 4 is 27.6 Å². The normalized spacial score (nSPS) is 15.4. The highest BCUT2D eigenvalue weighted by molar-refractivity contribution is 7.90. The molecule has 2 aromatic carbocycles. The molecule has 152 valence electrons. The smallest absolute Gasteiger partial charge is 0.251 e. The van der Waals surface area contributed by atoms with E-state index in [0.717, 1.165) is 17.4 Å². The maximum absolute atomic E-state index is 12.5. The number of hydrogen-bond donors (Lipinski definition) is 1. The van der Waals surface area contributed by atoms with Gasteiger partial charge in [0.1, 0.15) is 0 Å². The first-order valence-electron chi connectivity index (χ1n) is 9.18. The van der Waals surface area contributed by atoms with E-state index in [2.05, 4.69) is 5.32 Å². The van der Waals surface area contributed by atoms with Crippen molar-refractivity contribution in [2.75, 3.05) is 6.26 Å². The molecule has 1 aliphatic rings. The summed E-state index contributed by atoms with van der Waals surface area (Å²) in [5.74, 6) is -0.621. The SMILES string of the molecule is C[C@H](NC(=O)c1ccc(CN2C(=O)CCC2=O)cc1)c1ccc(S(C)(=O)=O)cc1. The second-order valence-corrected chi connectivity index (χ2v) is 9.12. The molecule has 2 aromatic rings. The Hall–Kier alpha value is -3.00. The second kappa shape index (κ2) is 8.16. The summed E-state index contributed by atoms with van der Waals surface area (Å²) in [6.45, 7) is 2.02. The topological polar surface area (TPSA) is 101 Å². The average Bonchev–Trinajstić information content (AvgIpc) is 3.00. The van der Waals surface area contributed by atoms with Gasteiger partial charge in [0.05, 0.1) is 17.5 Å². The highest BCUT2D eigenvalue weighted by atomic mass is 32.2. The number of carbonyl (C=O) groups excluding carboxylic acids is 3. The summed E-state index contributed by atoms with van der Waals surface area (Å²) in [6, 6.07) is 12.8. The van der Waals surface area contributed by atoms with E-state index in [4.69, 9.17) is 0 Å². The molecule has 0 aromatic heterocycles. The summed E-state index contributed by atoms with van der Waals surface area (Å²) in [6.07, 6.45) is 1.65. The van der Waals surface area contributed by atoms with Crippen LogP contribution in [0.4, 0.5) is 0 Å². The fourth-order valence-electron chi connectivity index (χ4n) is 3.11. The molecule has 7 nitrogen and oxygen atoms in total. The molecule has 0 unspecified atom stereocenters. The predicted molar refractivity (Wildman–Crippen MR) is 107 cm³/mol. The number of hydrogen-bond acceptors (Lipinski definition) is 5. The van der Waals surface area contributed by atoms with Gasteiger partial charge in [-0.2, -0.15) is 0 Å². The van der Waals surface area contributed by atoms with Gasteiger partial charge in [-0.1, -0.05) is 24.3 Å². The number of sulfone groups is 1. The van der Waals surface area contributed by atoms with Crippen molar-refractivity contribution in [1.82, 2.24) is 10.2 Å². The van der Waals surface area contributed by atoms with Gasteiger partial charge in [-0.15, -0.1) is 0 Å². The van der Waals surface area contributed by atoms with E-state index in [9.17, 15) is 22.8 Å². The zero-order valence-electron chi connectivity index (χ0n) is 16.2. The van der Waals surface area contributed by atoms with Crippen LogP contribution in [-0.2, 0) is 26.0 Å². The molecular formula is C21H22N2O5S. The maximum atomic E-state index is 12.5. The molecule has 0 radical (unpaired) electrons. The summed E-state index contributed by atoms with van der Waals surface area (Å²) < 4.78 is 23.1. The van der Waals surface area contributed by atoms with Crippen LogP contribution in [0, 0.1) is 0 Å². The summed E-state index contributed by atoms with van der Waals surface area (Å²) in [5.41, 5.74) is 2.01. The van der Waals surface area contributed by atoms with Crippen LogP contribution in [0.15, 0.2) is 53.4 Å². The minimum atomic E-state index is -3.26. The van der Waals surface area contributed by atoms with Crippen molar-refractivity contribution in [2.45, 2.75) is 37.2 Å². The molecule has 0 spiro atoms. The number of likely N-dealkylation sites (tertiary alicyclic amines) is 1. The van der Waals surface area contributed by atoms with E-state index in [0.29, 0.717) is 5.56 Å². The number of nitrogens with zero attached hydrogens (tertiary/aromatic N) is 1. The molecule has 0 bridgehead atoms. The maximum Gasteiger partial charge on any atom is 0.251 e. The lowest BCUT2D eigenvalue weighted by molar-refractivity contribution is -0.139. The van der Waals surface area contributed by atoms with Crippen LogP contribution in [0.3, 0.4) is 0 Å². The van der Waals surface area contributed by atoms with E-state index in [1.165, 1.54) is 17.0 Å². The van der Waals surface area contributed by atoms with Gasteiger partial charge in [-0.3, -0.25) is 19.3 Å². The Kier molecular flexibility index (Phi) is 5.83. The lowest BCUT2D eigenvalue weighted by Crippen LogP contribution is -2.28. The van der Waals surface area contributed by atoms with Gasteiger partial charge >= 0.3 is 0 Å². The van der Waals surface area contributed by atoms with Gasteiger partial charge in [0.25, 0.3) is 5.91 Å². The number of nitrogens with one attached hydrogen (secondary N) is 1.